The normalized spacial score (nSPS) is 15.5. The number of sulfonamides is 1. The number of non-ortho nitro benzene ring substituents is 1. The van der Waals surface area contributed by atoms with Crippen LogP contribution in [0.15, 0.2) is 29.2 Å². The molecule has 0 aliphatic carbocycles. The lowest BCUT2D eigenvalue weighted by Gasteiger charge is -2.34. The molecule has 1 aliphatic heterocycles. The van der Waals surface area contributed by atoms with Crippen LogP contribution in [-0.2, 0) is 14.8 Å². The highest BCUT2D eigenvalue weighted by Gasteiger charge is 2.30. The Morgan fingerprint density at radius 2 is 1.76 bits per heavy atom. The van der Waals surface area contributed by atoms with E-state index in [-0.39, 0.29) is 42.0 Å². The van der Waals surface area contributed by atoms with E-state index in [1.807, 2.05) is 0 Å². The van der Waals surface area contributed by atoms with Gasteiger partial charge in [-0.3, -0.25) is 14.9 Å². The maximum Gasteiger partial charge on any atom is 0.269 e. The van der Waals surface area contributed by atoms with Crippen molar-refractivity contribution in [2.75, 3.05) is 39.8 Å². The second-order valence-electron chi connectivity index (χ2n) is 5.39. The zero-order chi connectivity index (χ0) is 17.7. The van der Waals surface area contributed by atoms with Gasteiger partial charge in [-0.1, -0.05) is 0 Å². The van der Waals surface area contributed by atoms with Crippen LogP contribution in [0.4, 0.5) is 5.69 Å². The third-order valence-electron chi connectivity index (χ3n) is 3.87. The third kappa shape index (κ3) is 5.11. The molecule has 0 spiro atoms. The Hall–Kier alpha value is -1.75. The molecule has 1 aromatic carbocycles. The van der Waals surface area contributed by atoms with Gasteiger partial charge in [-0.05, 0) is 19.2 Å². The lowest BCUT2D eigenvalue weighted by Crippen LogP contribution is -2.50. The second-order valence-corrected chi connectivity index (χ2v) is 7.33. The number of rotatable bonds is 6. The average Bonchev–Trinajstić information content (AvgIpc) is 2.59. The van der Waals surface area contributed by atoms with E-state index in [0.29, 0.717) is 26.1 Å². The Balaban J connectivity index is 0.00000312. The van der Waals surface area contributed by atoms with E-state index in [0.717, 1.165) is 0 Å². The van der Waals surface area contributed by atoms with Crippen LogP contribution in [0.2, 0.25) is 0 Å². The molecule has 0 unspecified atom stereocenters. The van der Waals surface area contributed by atoms with Gasteiger partial charge in [0.25, 0.3) is 5.69 Å². The number of nitro groups is 1. The molecule has 0 aromatic heterocycles. The zero-order valence-corrected chi connectivity index (χ0v) is 15.4. The van der Waals surface area contributed by atoms with Crippen molar-refractivity contribution in [2.24, 2.45) is 0 Å². The Morgan fingerprint density at radius 1 is 1.20 bits per heavy atom. The largest absolute Gasteiger partial charge is 0.340 e. The van der Waals surface area contributed by atoms with Gasteiger partial charge in [0.1, 0.15) is 0 Å². The molecule has 0 atom stereocenters. The van der Waals surface area contributed by atoms with Gasteiger partial charge in [-0.15, -0.1) is 12.4 Å². The fourth-order valence-corrected chi connectivity index (χ4v) is 3.88. The Kier molecular flexibility index (Phi) is 7.74. The predicted octanol–water partition coefficient (Wildman–Crippen LogP) is 0.459. The van der Waals surface area contributed by atoms with E-state index < -0.39 is 14.9 Å². The highest BCUT2D eigenvalue weighted by molar-refractivity contribution is 7.89. The summed E-state index contributed by atoms with van der Waals surface area (Å²) in [5, 5.41) is 13.5. The summed E-state index contributed by atoms with van der Waals surface area (Å²) < 4.78 is 26.4. The number of nitrogens with zero attached hydrogens (tertiary/aromatic N) is 3. The van der Waals surface area contributed by atoms with Crippen LogP contribution in [0.3, 0.4) is 0 Å². The number of piperazine rings is 1. The predicted molar refractivity (Wildman–Crippen MR) is 94.2 cm³/mol. The van der Waals surface area contributed by atoms with E-state index in [4.69, 9.17) is 0 Å². The summed E-state index contributed by atoms with van der Waals surface area (Å²) in [5.41, 5.74) is -0.158. The standard InChI is InChI=1S/C14H20N4O5S.ClH/c1-15-7-6-14(19)16-8-10-17(11-9-16)24(22,23)13-4-2-12(3-5-13)18(20)21;/h2-5,15H,6-11H2,1H3;1H. The minimum absolute atomic E-state index is 0. The van der Waals surface area contributed by atoms with Crippen molar-refractivity contribution >= 4 is 34.0 Å². The first-order valence-electron chi connectivity index (χ1n) is 7.53. The van der Waals surface area contributed by atoms with Gasteiger partial charge in [0.05, 0.1) is 9.82 Å². The molecule has 1 fully saturated rings. The number of hydrogen-bond donors (Lipinski definition) is 1. The maximum atomic E-state index is 12.6. The minimum Gasteiger partial charge on any atom is -0.340 e. The molecule has 2 rings (SSSR count). The summed E-state index contributed by atoms with van der Waals surface area (Å²) in [7, 11) is -1.94. The fraction of sp³-hybridized carbons (Fsp3) is 0.500. The number of hydrogen-bond acceptors (Lipinski definition) is 6. The summed E-state index contributed by atoms with van der Waals surface area (Å²) >= 11 is 0. The van der Waals surface area contributed by atoms with Crippen LogP contribution in [-0.4, -0.2) is 68.2 Å². The van der Waals surface area contributed by atoms with Gasteiger partial charge in [-0.25, -0.2) is 8.42 Å². The number of nitro benzene ring substituents is 1. The molecular weight excluding hydrogens is 372 g/mol. The lowest BCUT2D eigenvalue weighted by atomic mass is 10.3. The van der Waals surface area contributed by atoms with Crippen molar-refractivity contribution < 1.29 is 18.1 Å². The molecule has 1 heterocycles. The minimum atomic E-state index is -3.71. The number of nitrogens with one attached hydrogen (secondary N) is 1. The molecule has 1 N–H and O–H groups in total. The average molecular weight is 393 g/mol. The molecule has 140 valence electrons. The summed E-state index contributed by atoms with van der Waals surface area (Å²) in [5.74, 6) is -0.00302. The molecule has 25 heavy (non-hydrogen) atoms. The van der Waals surface area contributed by atoms with Gasteiger partial charge < -0.3 is 10.2 Å². The topological polar surface area (TPSA) is 113 Å². The molecule has 0 radical (unpaired) electrons. The van der Waals surface area contributed by atoms with E-state index in [9.17, 15) is 23.3 Å². The summed E-state index contributed by atoms with van der Waals surface area (Å²) in [4.78, 5) is 23.7. The van der Waals surface area contributed by atoms with E-state index in [2.05, 4.69) is 5.32 Å². The van der Waals surface area contributed by atoms with Crippen LogP contribution >= 0.6 is 12.4 Å². The lowest BCUT2D eigenvalue weighted by molar-refractivity contribution is -0.384. The van der Waals surface area contributed by atoms with Crippen molar-refractivity contribution in [1.82, 2.24) is 14.5 Å². The summed E-state index contributed by atoms with van der Waals surface area (Å²) in [6.45, 7) is 1.69. The Labute approximate surface area is 152 Å². The number of benzene rings is 1. The zero-order valence-electron chi connectivity index (χ0n) is 13.8. The fourth-order valence-electron chi connectivity index (χ4n) is 2.46. The summed E-state index contributed by atoms with van der Waals surface area (Å²) in [6, 6.07) is 4.81. The van der Waals surface area contributed by atoms with E-state index in [1.165, 1.54) is 28.6 Å². The molecule has 1 saturated heterocycles. The van der Waals surface area contributed by atoms with Gasteiger partial charge in [0.15, 0.2) is 0 Å². The molecule has 1 aromatic rings. The monoisotopic (exact) mass is 392 g/mol. The first-order valence-corrected chi connectivity index (χ1v) is 8.97. The number of carbonyl (C=O) groups excluding carboxylic acids is 1. The van der Waals surface area contributed by atoms with Gasteiger partial charge in [0, 0.05) is 51.3 Å². The van der Waals surface area contributed by atoms with Crippen LogP contribution in [0.5, 0.6) is 0 Å². The Bertz CT molecular complexity index is 702. The SMILES string of the molecule is CNCCC(=O)N1CCN(S(=O)(=O)c2ccc([N+](=O)[O-])cc2)CC1.Cl. The molecule has 0 bridgehead atoms. The molecule has 1 amide bonds. The molecule has 9 nitrogen and oxygen atoms in total. The van der Waals surface area contributed by atoms with Crippen molar-refractivity contribution in [1.29, 1.82) is 0 Å². The molecular formula is C14H21ClN4O5S. The van der Waals surface area contributed by atoms with Crippen molar-refractivity contribution in [3.05, 3.63) is 34.4 Å². The molecule has 1 aliphatic rings. The van der Waals surface area contributed by atoms with E-state index in [1.54, 1.807) is 11.9 Å². The van der Waals surface area contributed by atoms with Crippen LogP contribution in [0.25, 0.3) is 0 Å². The highest BCUT2D eigenvalue weighted by atomic mass is 35.5. The van der Waals surface area contributed by atoms with Gasteiger partial charge in [0.2, 0.25) is 15.9 Å². The third-order valence-corrected chi connectivity index (χ3v) is 5.78. The van der Waals surface area contributed by atoms with Crippen molar-refractivity contribution in [3.8, 4) is 0 Å². The summed E-state index contributed by atoms with van der Waals surface area (Å²) in [6.07, 6.45) is 0.381. The van der Waals surface area contributed by atoms with Gasteiger partial charge >= 0.3 is 0 Å². The first-order chi connectivity index (χ1) is 11.4. The van der Waals surface area contributed by atoms with Gasteiger partial charge in [-0.2, -0.15) is 4.31 Å². The molecule has 11 heteroatoms. The van der Waals surface area contributed by atoms with Crippen molar-refractivity contribution in [2.45, 2.75) is 11.3 Å². The quantitative estimate of drug-likeness (QED) is 0.555. The van der Waals surface area contributed by atoms with Crippen molar-refractivity contribution in [3.63, 3.8) is 0 Å². The van der Waals surface area contributed by atoms with Crippen LogP contribution in [0.1, 0.15) is 6.42 Å². The van der Waals surface area contributed by atoms with Crippen LogP contribution < -0.4 is 5.32 Å². The maximum absolute atomic E-state index is 12.6. The number of amides is 1. The smallest absolute Gasteiger partial charge is 0.269 e. The molecule has 0 saturated carbocycles. The highest BCUT2D eigenvalue weighted by Crippen LogP contribution is 2.20. The van der Waals surface area contributed by atoms with Crippen LogP contribution in [0, 0.1) is 10.1 Å². The first kappa shape index (κ1) is 21.3. The Morgan fingerprint density at radius 3 is 2.24 bits per heavy atom. The number of halogens is 1. The van der Waals surface area contributed by atoms with E-state index >= 15 is 0 Å². The number of carbonyl (C=O) groups is 1. The second kappa shape index (κ2) is 9.09.